The highest BCUT2D eigenvalue weighted by atomic mass is 32.2. The van der Waals surface area contributed by atoms with Crippen LogP contribution in [-0.2, 0) is 26.1 Å². The first-order valence-corrected chi connectivity index (χ1v) is 12.2. The van der Waals surface area contributed by atoms with Crippen LogP contribution in [0.15, 0.2) is 71.6 Å². The Labute approximate surface area is 203 Å². The van der Waals surface area contributed by atoms with Gasteiger partial charge in [-0.3, -0.25) is 4.79 Å². The molecule has 1 amide bonds. The molecule has 1 heterocycles. The highest BCUT2D eigenvalue weighted by molar-refractivity contribution is 7.87. The summed E-state index contributed by atoms with van der Waals surface area (Å²) in [6.45, 7) is 1.86. The topological polar surface area (TPSA) is 108 Å². The predicted molar refractivity (Wildman–Crippen MR) is 130 cm³/mol. The summed E-state index contributed by atoms with van der Waals surface area (Å²) < 4.78 is 41.1. The lowest BCUT2D eigenvalue weighted by Gasteiger charge is -2.17. The Kier molecular flexibility index (Phi) is 6.88. The summed E-state index contributed by atoms with van der Waals surface area (Å²) in [6, 6.07) is 15.9. The number of fused-ring (bicyclic) bond motifs is 1. The molecule has 0 atom stereocenters. The molecule has 1 aliphatic rings. The summed E-state index contributed by atoms with van der Waals surface area (Å²) in [7, 11) is -2.65. The van der Waals surface area contributed by atoms with E-state index in [0.717, 1.165) is 16.8 Å². The van der Waals surface area contributed by atoms with Gasteiger partial charge in [-0.25, -0.2) is 4.79 Å². The minimum absolute atomic E-state index is 0.0222. The average Bonchev–Trinajstić information content (AvgIpc) is 2.83. The maximum absolute atomic E-state index is 12.6. The minimum Gasteiger partial charge on any atom is -0.493 e. The lowest BCUT2D eigenvalue weighted by Crippen LogP contribution is -2.19. The molecule has 1 N–H and O–H groups in total. The van der Waals surface area contributed by atoms with Crippen molar-refractivity contribution in [2.75, 3.05) is 12.4 Å². The molecule has 8 nitrogen and oxygen atoms in total. The molecule has 1 aliphatic heterocycles. The summed E-state index contributed by atoms with van der Waals surface area (Å²) in [5, 5.41) is 2.77. The molecular formula is C26H23NO7S. The van der Waals surface area contributed by atoms with Crippen LogP contribution in [0.4, 0.5) is 5.69 Å². The zero-order chi connectivity index (χ0) is 25.0. The van der Waals surface area contributed by atoms with Gasteiger partial charge in [0.2, 0.25) is 5.91 Å². The van der Waals surface area contributed by atoms with Gasteiger partial charge in [0.1, 0.15) is 10.6 Å². The van der Waals surface area contributed by atoms with E-state index in [-0.39, 0.29) is 22.3 Å². The molecule has 0 aromatic heterocycles. The quantitative estimate of drug-likeness (QED) is 0.227. The van der Waals surface area contributed by atoms with Crippen LogP contribution in [0.1, 0.15) is 23.1 Å². The molecule has 4 rings (SSSR count). The van der Waals surface area contributed by atoms with Gasteiger partial charge in [-0.1, -0.05) is 23.8 Å². The molecule has 3 aromatic rings. The fourth-order valence-electron chi connectivity index (χ4n) is 3.47. The number of ether oxygens (including phenoxy) is 2. The van der Waals surface area contributed by atoms with Gasteiger partial charge in [0.15, 0.2) is 11.5 Å². The smallest absolute Gasteiger partial charge is 0.339 e. The second-order valence-electron chi connectivity index (χ2n) is 7.88. The Hall–Kier alpha value is -4.11. The van der Waals surface area contributed by atoms with Gasteiger partial charge in [-0.15, -0.1) is 0 Å². The number of hydrogen-bond donors (Lipinski definition) is 1. The van der Waals surface area contributed by atoms with Crippen molar-refractivity contribution in [2.45, 2.75) is 24.7 Å². The summed E-state index contributed by atoms with van der Waals surface area (Å²) in [4.78, 5) is 23.8. The van der Waals surface area contributed by atoms with Gasteiger partial charge < -0.3 is 19.0 Å². The van der Waals surface area contributed by atoms with Crippen LogP contribution >= 0.6 is 0 Å². The van der Waals surface area contributed by atoms with Gasteiger partial charge >= 0.3 is 16.1 Å². The molecule has 35 heavy (non-hydrogen) atoms. The van der Waals surface area contributed by atoms with E-state index in [9.17, 15) is 18.0 Å². The Morgan fingerprint density at radius 1 is 0.971 bits per heavy atom. The molecule has 0 bridgehead atoms. The zero-order valence-electron chi connectivity index (χ0n) is 19.1. The molecule has 0 aliphatic carbocycles. The number of hydrogen-bond acceptors (Lipinski definition) is 7. The van der Waals surface area contributed by atoms with E-state index in [4.69, 9.17) is 13.7 Å². The van der Waals surface area contributed by atoms with E-state index < -0.39 is 16.1 Å². The van der Waals surface area contributed by atoms with Crippen molar-refractivity contribution in [1.82, 2.24) is 0 Å². The first-order chi connectivity index (χ1) is 16.7. The van der Waals surface area contributed by atoms with E-state index in [1.54, 1.807) is 42.5 Å². The number of amides is 1. The first kappa shape index (κ1) is 24.0. The summed E-state index contributed by atoms with van der Waals surface area (Å²) in [5.74, 6) is -0.0464. The fourth-order valence-corrected chi connectivity index (χ4v) is 4.41. The van der Waals surface area contributed by atoms with Crippen molar-refractivity contribution in [1.29, 1.82) is 0 Å². The van der Waals surface area contributed by atoms with Gasteiger partial charge in [0, 0.05) is 18.2 Å². The highest BCUT2D eigenvalue weighted by Crippen LogP contribution is 2.31. The Bertz CT molecular complexity index is 1410. The third-order valence-corrected chi connectivity index (χ3v) is 6.55. The van der Waals surface area contributed by atoms with Crippen LogP contribution in [-0.4, -0.2) is 27.4 Å². The molecule has 0 fully saturated rings. The maximum atomic E-state index is 12.6. The number of nitrogens with one attached hydrogen (secondary N) is 1. The summed E-state index contributed by atoms with van der Waals surface area (Å²) >= 11 is 0. The predicted octanol–water partition coefficient (Wildman–Crippen LogP) is 4.27. The molecule has 0 saturated carbocycles. The fraction of sp³-hybridized carbons (Fsp3) is 0.154. The van der Waals surface area contributed by atoms with Crippen molar-refractivity contribution >= 4 is 33.8 Å². The molecule has 3 aromatic carbocycles. The van der Waals surface area contributed by atoms with Crippen molar-refractivity contribution in [2.24, 2.45) is 0 Å². The van der Waals surface area contributed by atoms with E-state index in [1.807, 2.05) is 6.92 Å². The van der Waals surface area contributed by atoms with Crippen LogP contribution in [0.25, 0.3) is 6.08 Å². The Morgan fingerprint density at radius 3 is 2.49 bits per heavy atom. The van der Waals surface area contributed by atoms with Crippen LogP contribution in [0.2, 0.25) is 0 Å². The van der Waals surface area contributed by atoms with Gasteiger partial charge in [0.05, 0.1) is 7.11 Å². The third-order valence-electron chi connectivity index (χ3n) is 5.30. The van der Waals surface area contributed by atoms with Crippen molar-refractivity contribution in [3.8, 4) is 17.2 Å². The third kappa shape index (κ3) is 5.88. The van der Waals surface area contributed by atoms with Crippen LogP contribution in [0.5, 0.6) is 17.2 Å². The van der Waals surface area contributed by atoms with Crippen LogP contribution in [0.3, 0.4) is 0 Å². The normalized spacial score (nSPS) is 13.1. The second kappa shape index (κ2) is 10.0. The number of benzene rings is 3. The number of rotatable bonds is 7. The molecule has 180 valence electrons. The first-order valence-electron chi connectivity index (χ1n) is 10.8. The SMILES string of the molecule is COc1cc(/C=C/C(=O)Oc2ccc3c(c2)CCC(=O)N3)ccc1OS(=O)(=O)c1ccc(C)cc1. The molecule has 9 heteroatoms. The lowest BCUT2D eigenvalue weighted by atomic mass is 10.0. The standard InChI is InChI=1S/C26H23NO7S/c1-17-3-9-21(10-4-17)35(30,31)34-23-12-5-18(15-24(23)32-2)6-14-26(29)33-20-8-11-22-19(16-20)7-13-25(28)27-22/h3-6,8-12,14-16H,7,13H2,1-2H3,(H,27,28)/b14-6+. The molecule has 0 unspecified atom stereocenters. The van der Waals surface area contributed by atoms with Gasteiger partial charge in [-0.2, -0.15) is 8.42 Å². The second-order valence-corrected chi connectivity index (χ2v) is 9.43. The molecule has 0 radical (unpaired) electrons. The maximum Gasteiger partial charge on any atom is 0.339 e. The number of carbonyl (C=O) groups is 2. The van der Waals surface area contributed by atoms with E-state index in [0.29, 0.717) is 24.2 Å². The van der Waals surface area contributed by atoms with E-state index in [2.05, 4.69) is 5.32 Å². The summed E-state index contributed by atoms with van der Waals surface area (Å²) in [6.07, 6.45) is 3.73. The van der Waals surface area contributed by atoms with Crippen molar-refractivity contribution in [3.05, 3.63) is 83.4 Å². The van der Waals surface area contributed by atoms with Crippen molar-refractivity contribution < 1.29 is 31.7 Å². The van der Waals surface area contributed by atoms with Crippen LogP contribution < -0.4 is 19.0 Å². The monoisotopic (exact) mass is 493 g/mol. The number of esters is 1. The number of aryl methyl sites for hydroxylation is 2. The van der Waals surface area contributed by atoms with Crippen LogP contribution in [0, 0.1) is 6.92 Å². The number of anilines is 1. The van der Waals surface area contributed by atoms with Crippen molar-refractivity contribution in [3.63, 3.8) is 0 Å². The highest BCUT2D eigenvalue weighted by Gasteiger charge is 2.19. The zero-order valence-corrected chi connectivity index (χ0v) is 19.9. The lowest BCUT2D eigenvalue weighted by molar-refractivity contribution is -0.129. The Morgan fingerprint density at radius 2 is 1.74 bits per heavy atom. The number of carbonyl (C=O) groups excluding carboxylic acids is 2. The van der Waals surface area contributed by atoms with E-state index >= 15 is 0 Å². The largest absolute Gasteiger partial charge is 0.493 e. The molecular weight excluding hydrogens is 470 g/mol. The average molecular weight is 494 g/mol. The van der Waals surface area contributed by atoms with Gasteiger partial charge in [0.25, 0.3) is 0 Å². The minimum atomic E-state index is -4.04. The van der Waals surface area contributed by atoms with Gasteiger partial charge in [-0.05, 0) is 73.0 Å². The Balaban J connectivity index is 1.44. The summed E-state index contributed by atoms with van der Waals surface area (Å²) in [5.41, 5.74) is 3.12. The van der Waals surface area contributed by atoms with E-state index in [1.165, 1.54) is 37.5 Å². The molecule has 0 saturated heterocycles. The number of methoxy groups -OCH3 is 1. The molecule has 0 spiro atoms.